The van der Waals surface area contributed by atoms with Crippen LogP contribution >= 0.6 is 46.4 Å². The fourth-order valence-corrected chi connectivity index (χ4v) is 16.0. The van der Waals surface area contributed by atoms with Crippen LogP contribution in [0, 0.1) is 46.6 Å². The number of nitrogens with one attached hydrogen (secondary N) is 3. The van der Waals surface area contributed by atoms with Crippen LogP contribution < -0.4 is 16.0 Å². The maximum Gasteiger partial charge on any atom is 0.395 e. The van der Waals surface area contributed by atoms with Crippen LogP contribution in [-0.4, -0.2) is 141 Å². The van der Waals surface area contributed by atoms with E-state index in [4.69, 9.17) is 62.4 Å². The van der Waals surface area contributed by atoms with Crippen LogP contribution in [0.2, 0.25) is 20.1 Å². The Hall–Kier alpha value is -10.3. The first-order chi connectivity index (χ1) is 61.8. The fourth-order valence-electron chi connectivity index (χ4n) is 15.2. The number of anilines is 3. The molecule has 702 valence electrons. The molecule has 4 amide bonds. The third-order valence-electron chi connectivity index (χ3n) is 23.1. The van der Waals surface area contributed by atoms with Gasteiger partial charge in [0.2, 0.25) is 0 Å². The summed E-state index contributed by atoms with van der Waals surface area (Å²) >= 11 is 25.4. The van der Waals surface area contributed by atoms with E-state index in [2.05, 4.69) is 63.8 Å². The highest BCUT2D eigenvalue weighted by Gasteiger charge is 2.53. The number of unbranched alkanes of at least 4 members (excludes halogenated alkanes) is 28. The van der Waals surface area contributed by atoms with Crippen molar-refractivity contribution < 1.29 is 77.5 Å². The van der Waals surface area contributed by atoms with Gasteiger partial charge in [-0.15, -0.1) is 0 Å². The Balaban J connectivity index is 0.000000299. The summed E-state index contributed by atoms with van der Waals surface area (Å²) < 4.78 is 14.2. The van der Waals surface area contributed by atoms with Gasteiger partial charge in [-0.3, -0.25) is 33.6 Å². The molecule has 1 aliphatic carbocycles. The molecule has 0 aliphatic heterocycles. The zero-order valence-corrected chi connectivity index (χ0v) is 79.7. The van der Waals surface area contributed by atoms with Crippen LogP contribution in [0.5, 0.6) is 0 Å². The first-order valence-electron chi connectivity index (χ1n) is 45.9. The van der Waals surface area contributed by atoms with Crippen LogP contribution in [0.4, 0.5) is 17.1 Å². The first-order valence-corrected chi connectivity index (χ1v) is 47.4. The standard InChI is InChI=1S/C35H44ClN3O6.C32H43Cl2N3O6.C31H44ClN5O4/c1-5-6-7-8-9-10-11-12-13-14-21-45-35(44)27-19-20-28(36)29(22-27)37-33(41)31(32(40)26-17-15-23(2)16-18-26)39-25(4)30(34(42)43)24(3)38-39;1-4-6-7-8-9-10-11-12-13-14-17-43-31(42)22-19-25(24(34)20-23(22)33)35-29(39)27(28(38)32(5-2)15-16-32)37-21(3)18-26(36-37)30(40)41;1-5-7-9-11-13-15-19-36(20-16-14-12-10-8-6-2)30(39)24-17-18-25(32)26(22-24)34-29(38)28(33-4)37-23(3)21-27(35-37)31(40)41/h15-20,22,31H,5-14,21H2,1-4H3,(H,37,41)(H,42,43);18-20,27H,4-17H2,1-3H3,(H,35,39)(H,40,41);17-18,21-22,28H,5-16,19-20H2,1-3H3,(H,34,38)(H,40,41). The number of benzene rings is 4. The molecule has 8 rings (SSSR count). The molecular formula is C98H131Cl4N11O16. The zero-order chi connectivity index (χ0) is 94.7. The van der Waals surface area contributed by atoms with Gasteiger partial charge >= 0.3 is 41.9 Å². The molecule has 3 atom stereocenters. The highest BCUT2D eigenvalue weighted by atomic mass is 35.5. The number of carbonyl (C=O) groups excluding carboxylic acids is 8. The molecule has 1 saturated carbocycles. The molecular weight excluding hydrogens is 1730 g/mol. The average molecular weight is 1860 g/mol. The van der Waals surface area contributed by atoms with Crippen molar-refractivity contribution in [1.29, 1.82) is 0 Å². The number of amides is 4. The molecule has 1 fully saturated rings. The smallest absolute Gasteiger partial charge is 0.395 e. The summed E-state index contributed by atoms with van der Waals surface area (Å²) in [6, 6.07) is 18.1. The number of esters is 2. The highest BCUT2D eigenvalue weighted by molar-refractivity contribution is 6.39. The second kappa shape index (κ2) is 56.3. The molecule has 27 nitrogen and oxygen atoms in total. The van der Waals surface area contributed by atoms with Gasteiger partial charge in [-0.2, -0.15) is 20.0 Å². The molecule has 1 aliphatic rings. The minimum Gasteiger partial charge on any atom is -0.478 e. The molecule has 3 unspecified atom stereocenters. The van der Waals surface area contributed by atoms with E-state index in [-0.39, 0.29) is 107 Å². The summed E-state index contributed by atoms with van der Waals surface area (Å²) in [6.45, 7) is 28.1. The van der Waals surface area contributed by atoms with Gasteiger partial charge in [0.15, 0.2) is 35.0 Å². The van der Waals surface area contributed by atoms with Gasteiger partial charge < -0.3 is 45.6 Å². The third-order valence-corrected chi connectivity index (χ3v) is 24.3. The molecule has 3 aromatic heterocycles. The molecule has 3 heterocycles. The monoisotopic (exact) mass is 1860 g/mol. The second-order valence-electron chi connectivity index (χ2n) is 33.3. The number of aryl methyl sites for hydroxylation is 4. The number of rotatable bonds is 56. The quantitative estimate of drug-likeness (QED) is 0.00678. The van der Waals surface area contributed by atoms with E-state index < -0.39 is 77.0 Å². The number of Topliss-reactive ketones (excluding diaryl/α,β-unsaturated/α-hetero) is 2. The Kier molecular flexibility index (Phi) is 47.0. The van der Waals surface area contributed by atoms with Gasteiger partial charge in [0.1, 0.15) is 5.56 Å². The van der Waals surface area contributed by atoms with Crippen molar-refractivity contribution in [3.05, 3.63) is 184 Å². The Bertz CT molecular complexity index is 4920. The van der Waals surface area contributed by atoms with Crippen LogP contribution in [0.1, 0.15) is 379 Å². The van der Waals surface area contributed by atoms with Crippen molar-refractivity contribution in [2.75, 3.05) is 42.3 Å². The van der Waals surface area contributed by atoms with E-state index in [1.54, 1.807) is 50.2 Å². The lowest BCUT2D eigenvalue weighted by atomic mass is 9.91. The summed E-state index contributed by atoms with van der Waals surface area (Å²) in [5.74, 6) is -8.25. The van der Waals surface area contributed by atoms with Crippen LogP contribution in [0.25, 0.3) is 4.85 Å². The average Bonchev–Trinajstić information content (AvgIpc) is 1.60. The van der Waals surface area contributed by atoms with E-state index in [1.807, 2.05) is 18.7 Å². The Labute approximate surface area is 779 Å². The van der Waals surface area contributed by atoms with Gasteiger partial charge in [0.05, 0.1) is 72.9 Å². The minimum atomic E-state index is -1.54. The number of carboxylic acids is 3. The summed E-state index contributed by atoms with van der Waals surface area (Å²) in [7, 11) is 0. The van der Waals surface area contributed by atoms with Crippen molar-refractivity contribution in [3.8, 4) is 0 Å². The molecule has 0 saturated heterocycles. The number of ketones is 2. The molecule has 0 spiro atoms. The molecule has 129 heavy (non-hydrogen) atoms. The predicted molar refractivity (Wildman–Crippen MR) is 505 cm³/mol. The van der Waals surface area contributed by atoms with E-state index in [0.717, 1.165) is 96.7 Å². The van der Waals surface area contributed by atoms with Gasteiger partial charge in [0.25, 0.3) is 17.7 Å². The van der Waals surface area contributed by atoms with Crippen molar-refractivity contribution in [2.24, 2.45) is 5.41 Å². The second-order valence-corrected chi connectivity index (χ2v) is 34.9. The predicted octanol–water partition coefficient (Wildman–Crippen LogP) is 24.3. The number of carbonyl (C=O) groups is 11. The third kappa shape index (κ3) is 33.9. The molecule has 0 radical (unpaired) electrons. The maximum absolute atomic E-state index is 13.7. The number of hydrogen-bond donors (Lipinski definition) is 6. The van der Waals surface area contributed by atoms with Crippen LogP contribution in [0.15, 0.2) is 84.9 Å². The lowest BCUT2D eigenvalue weighted by Crippen LogP contribution is -2.38. The minimum absolute atomic E-state index is 0.0342. The van der Waals surface area contributed by atoms with Crippen LogP contribution in [0.3, 0.4) is 0 Å². The number of carboxylic acid groups (broad SMARTS) is 3. The van der Waals surface area contributed by atoms with Crippen molar-refractivity contribution in [2.45, 2.75) is 312 Å². The molecule has 7 aromatic rings. The van der Waals surface area contributed by atoms with Gasteiger partial charge in [-0.1, -0.05) is 291 Å². The number of hydrogen-bond acceptors (Lipinski definition) is 16. The normalized spacial score (nSPS) is 12.5. The summed E-state index contributed by atoms with van der Waals surface area (Å²) in [6.07, 6.45) is 37.3. The summed E-state index contributed by atoms with van der Waals surface area (Å²) in [4.78, 5) is 147. The lowest BCUT2D eigenvalue weighted by molar-refractivity contribution is -0.134. The van der Waals surface area contributed by atoms with Gasteiger partial charge in [0, 0.05) is 41.0 Å². The van der Waals surface area contributed by atoms with Crippen molar-refractivity contribution in [3.63, 3.8) is 0 Å². The Morgan fingerprint density at radius 3 is 1.28 bits per heavy atom. The molecule has 4 aromatic carbocycles. The topological polar surface area (TPSA) is 364 Å². The van der Waals surface area contributed by atoms with Crippen molar-refractivity contribution >= 4 is 129 Å². The zero-order valence-electron chi connectivity index (χ0n) is 76.6. The molecule has 0 bridgehead atoms. The summed E-state index contributed by atoms with van der Waals surface area (Å²) in [5, 5.41) is 48.9. The SMILES string of the molecule is CCCCCCCCCCCCOC(=O)c1cc(NC(=O)C(C(=O)C2(CC)CC2)n2nc(C(=O)O)cc2C)c(Cl)cc1Cl.CCCCCCCCCCCCOC(=O)c1ccc(Cl)c(NC(=O)C(C(=O)c2ccc(C)cc2)n2nc(C)c(C(=O)O)c2C)c1.[C-]#[N+]C(C(=O)Nc1cc(C(=O)N(CCCCCCCC)CCCCCCCC)ccc1Cl)n1nc(C(=O)O)cc1C. The van der Waals surface area contributed by atoms with E-state index >= 15 is 0 Å². The van der Waals surface area contributed by atoms with E-state index in [0.29, 0.717) is 49.3 Å². The van der Waals surface area contributed by atoms with E-state index in [1.165, 1.54) is 191 Å². The summed E-state index contributed by atoms with van der Waals surface area (Å²) in [5.41, 5.74) is 1.92. The number of aromatic carboxylic acids is 3. The largest absolute Gasteiger partial charge is 0.478 e. The fraction of sp³-hybridized carbons (Fsp3) is 0.541. The maximum atomic E-state index is 13.7. The number of nitrogens with zero attached hydrogens (tertiary/aromatic N) is 8. The van der Waals surface area contributed by atoms with E-state index in [9.17, 15) is 68.1 Å². The van der Waals surface area contributed by atoms with Gasteiger partial charge in [-0.25, -0.2) is 39.9 Å². The lowest BCUT2D eigenvalue weighted by Gasteiger charge is -2.23. The van der Waals surface area contributed by atoms with Gasteiger partial charge in [-0.05, 0) is 140 Å². The number of ether oxygens (including phenoxy) is 2. The Morgan fingerprint density at radius 1 is 0.442 bits per heavy atom. The number of aromatic nitrogens is 6. The van der Waals surface area contributed by atoms with Crippen LogP contribution in [-0.2, 0) is 28.7 Å². The van der Waals surface area contributed by atoms with Crippen molar-refractivity contribution in [1.82, 2.24) is 34.2 Å². The highest BCUT2D eigenvalue weighted by Crippen LogP contribution is 2.52. The molecule has 6 N–H and O–H groups in total. The molecule has 31 heteroatoms. The first kappa shape index (κ1) is 107. The Morgan fingerprint density at radius 2 is 0.845 bits per heavy atom. The number of halogens is 4.